The Morgan fingerprint density at radius 1 is 0.719 bits per heavy atom. The van der Waals surface area contributed by atoms with Crippen LogP contribution in [0.25, 0.3) is 10.8 Å². The van der Waals surface area contributed by atoms with Crippen LogP contribution in [0.4, 0.5) is 0 Å². The number of aryl methyl sites for hydroxylation is 2. The molecule has 1 saturated carbocycles. The van der Waals surface area contributed by atoms with Gasteiger partial charge in [0.05, 0.1) is 0 Å². The minimum absolute atomic E-state index is 0.0914. The van der Waals surface area contributed by atoms with E-state index >= 15 is 0 Å². The van der Waals surface area contributed by atoms with E-state index in [1.165, 1.54) is 98.9 Å². The third kappa shape index (κ3) is 8.19. The van der Waals surface area contributed by atoms with Crippen LogP contribution in [0.5, 0.6) is 0 Å². The fraction of sp³-hybridized carbons (Fsp3) is 0.667. The van der Waals surface area contributed by atoms with E-state index in [1.807, 2.05) is 0 Å². The molecule has 32 heavy (non-hydrogen) atoms. The van der Waals surface area contributed by atoms with E-state index in [9.17, 15) is 10.2 Å². The van der Waals surface area contributed by atoms with Gasteiger partial charge in [-0.15, -0.1) is 0 Å². The van der Waals surface area contributed by atoms with E-state index in [-0.39, 0.29) is 19.1 Å². The average molecular weight is 439 g/mol. The molecule has 1 fully saturated rings. The van der Waals surface area contributed by atoms with Crippen LogP contribution in [0.3, 0.4) is 0 Å². The zero-order valence-corrected chi connectivity index (χ0v) is 20.4. The van der Waals surface area contributed by atoms with Crippen molar-refractivity contribution in [3.8, 4) is 0 Å². The Morgan fingerprint density at radius 3 is 1.91 bits per heavy atom. The van der Waals surface area contributed by atoms with Crippen LogP contribution in [0.2, 0.25) is 0 Å². The summed E-state index contributed by atoms with van der Waals surface area (Å²) in [5.41, 5.74) is 2.98. The lowest BCUT2D eigenvalue weighted by atomic mass is 9.77. The number of hydrogen-bond acceptors (Lipinski definition) is 2. The van der Waals surface area contributed by atoms with Gasteiger partial charge in [0, 0.05) is 19.1 Å². The Bertz CT molecular complexity index is 771. The van der Waals surface area contributed by atoms with Gasteiger partial charge in [-0.05, 0) is 65.8 Å². The van der Waals surface area contributed by atoms with E-state index in [2.05, 4.69) is 43.3 Å². The lowest BCUT2D eigenvalue weighted by Crippen LogP contribution is -2.15. The highest BCUT2D eigenvalue weighted by Gasteiger charge is 2.21. The number of unbranched alkanes of at least 4 members (excludes halogenated alkanes) is 3. The molecule has 0 heterocycles. The van der Waals surface area contributed by atoms with E-state index in [0.717, 1.165) is 24.7 Å². The summed E-state index contributed by atoms with van der Waals surface area (Å²) in [6, 6.07) is 14.2. The van der Waals surface area contributed by atoms with Gasteiger partial charge in [0.2, 0.25) is 0 Å². The number of rotatable bonds is 14. The third-order valence-electron chi connectivity index (χ3n) is 7.84. The maximum Gasteiger partial charge on any atom is 0.0481 e. The third-order valence-corrected chi connectivity index (χ3v) is 7.84. The minimum Gasteiger partial charge on any atom is -0.396 e. The predicted octanol–water partition coefficient (Wildman–Crippen LogP) is 7.47. The predicted molar refractivity (Wildman–Crippen MR) is 137 cm³/mol. The quantitative estimate of drug-likeness (QED) is 0.300. The summed E-state index contributed by atoms with van der Waals surface area (Å²) in [7, 11) is 0. The highest BCUT2D eigenvalue weighted by atomic mass is 16.3. The van der Waals surface area contributed by atoms with Crippen molar-refractivity contribution >= 4 is 10.8 Å². The number of fused-ring (bicyclic) bond motifs is 1. The summed E-state index contributed by atoms with van der Waals surface area (Å²) < 4.78 is 0. The summed E-state index contributed by atoms with van der Waals surface area (Å²) in [5.74, 6) is 1.89. The van der Waals surface area contributed by atoms with Gasteiger partial charge in [-0.2, -0.15) is 0 Å². The first kappa shape index (κ1) is 25.2. The molecule has 0 atom stereocenters. The molecule has 2 heteroatoms. The first-order valence-corrected chi connectivity index (χ1v) is 13.4. The van der Waals surface area contributed by atoms with Crippen molar-refractivity contribution in [1.82, 2.24) is 0 Å². The van der Waals surface area contributed by atoms with E-state index in [1.54, 1.807) is 0 Å². The molecule has 0 amide bonds. The average Bonchev–Trinajstić information content (AvgIpc) is 2.83. The van der Waals surface area contributed by atoms with Crippen molar-refractivity contribution in [3.63, 3.8) is 0 Å². The van der Waals surface area contributed by atoms with Gasteiger partial charge in [-0.25, -0.2) is 0 Å². The number of hydrogen-bond donors (Lipinski definition) is 2. The van der Waals surface area contributed by atoms with Gasteiger partial charge in [0.1, 0.15) is 0 Å². The molecular formula is C30H46O2. The van der Waals surface area contributed by atoms with Gasteiger partial charge < -0.3 is 10.2 Å². The maximum atomic E-state index is 9.18. The molecule has 0 spiro atoms. The Balaban J connectivity index is 1.36. The summed E-state index contributed by atoms with van der Waals surface area (Å²) >= 11 is 0. The van der Waals surface area contributed by atoms with Crippen LogP contribution in [-0.4, -0.2) is 23.4 Å². The molecule has 0 aromatic heterocycles. The van der Waals surface area contributed by atoms with E-state index in [0.29, 0.717) is 0 Å². The number of benzene rings is 2. The lowest BCUT2D eigenvalue weighted by molar-refractivity contribution is 0.140. The van der Waals surface area contributed by atoms with Crippen molar-refractivity contribution in [2.75, 3.05) is 13.2 Å². The standard InChI is InChI=1S/C30H46O2/c1-2-3-4-8-26-16-18-30-21-27(17-19-29(30)20-26)15-14-25-12-10-24(11-13-25)7-5-6-9-28(22-31)23-32/h16-21,24-25,28,31-32H,2-15,22-23H2,1H3. The molecule has 0 aliphatic heterocycles. The highest BCUT2D eigenvalue weighted by Crippen LogP contribution is 2.34. The molecule has 2 nitrogen and oxygen atoms in total. The van der Waals surface area contributed by atoms with Crippen molar-refractivity contribution in [2.45, 2.75) is 96.8 Å². The Kier molecular flexibility index (Phi) is 11.1. The first-order chi connectivity index (χ1) is 15.7. The zero-order chi connectivity index (χ0) is 22.6. The molecule has 3 rings (SSSR count). The topological polar surface area (TPSA) is 40.5 Å². The maximum absolute atomic E-state index is 9.18. The minimum atomic E-state index is 0.0914. The molecule has 1 aliphatic carbocycles. The molecule has 0 bridgehead atoms. The molecule has 178 valence electrons. The summed E-state index contributed by atoms with van der Waals surface area (Å²) in [6.45, 7) is 2.52. The van der Waals surface area contributed by atoms with Crippen LogP contribution in [0.15, 0.2) is 36.4 Å². The SMILES string of the molecule is CCCCCc1ccc2cc(CCC3CCC(CCCCC(CO)CO)CC3)ccc2c1. The molecule has 0 unspecified atom stereocenters. The van der Waals surface area contributed by atoms with Gasteiger partial charge >= 0.3 is 0 Å². The normalized spacial score (nSPS) is 19.1. The van der Waals surface area contributed by atoms with Crippen LogP contribution in [0, 0.1) is 17.8 Å². The van der Waals surface area contributed by atoms with Gasteiger partial charge in [0.15, 0.2) is 0 Å². The second-order valence-electron chi connectivity index (χ2n) is 10.4. The molecule has 0 radical (unpaired) electrons. The molecule has 1 aliphatic rings. The molecule has 0 saturated heterocycles. The Morgan fingerprint density at radius 2 is 1.31 bits per heavy atom. The van der Waals surface area contributed by atoms with Gasteiger partial charge in [-0.1, -0.05) is 101 Å². The zero-order valence-electron chi connectivity index (χ0n) is 20.4. The van der Waals surface area contributed by atoms with Gasteiger partial charge in [-0.3, -0.25) is 0 Å². The van der Waals surface area contributed by atoms with Crippen LogP contribution in [-0.2, 0) is 12.8 Å². The smallest absolute Gasteiger partial charge is 0.0481 e. The van der Waals surface area contributed by atoms with Crippen LogP contribution >= 0.6 is 0 Å². The molecule has 2 aromatic carbocycles. The first-order valence-electron chi connectivity index (χ1n) is 13.4. The highest BCUT2D eigenvalue weighted by molar-refractivity contribution is 5.83. The largest absolute Gasteiger partial charge is 0.396 e. The molecule has 2 aromatic rings. The Labute approximate surface area is 196 Å². The summed E-state index contributed by atoms with van der Waals surface area (Å²) in [6.07, 6.45) is 18.0. The number of aliphatic hydroxyl groups excluding tert-OH is 2. The monoisotopic (exact) mass is 438 g/mol. The Hall–Kier alpha value is -1.38. The fourth-order valence-corrected chi connectivity index (χ4v) is 5.52. The fourth-order valence-electron chi connectivity index (χ4n) is 5.52. The second-order valence-corrected chi connectivity index (χ2v) is 10.4. The summed E-state index contributed by atoms with van der Waals surface area (Å²) in [5, 5.41) is 21.1. The van der Waals surface area contributed by atoms with E-state index < -0.39 is 0 Å². The van der Waals surface area contributed by atoms with Crippen LogP contribution in [0.1, 0.15) is 95.1 Å². The lowest BCUT2D eigenvalue weighted by Gasteiger charge is -2.28. The number of aliphatic hydroxyl groups is 2. The molecular weight excluding hydrogens is 392 g/mol. The van der Waals surface area contributed by atoms with Gasteiger partial charge in [0.25, 0.3) is 0 Å². The van der Waals surface area contributed by atoms with E-state index in [4.69, 9.17) is 0 Å². The second kappa shape index (κ2) is 14.0. The van der Waals surface area contributed by atoms with Crippen molar-refractivity contribution < 1.29 is 10.2 Å². The van der Waals surface area contributed by atoms with Crippen molar-refractivity contribution in [3.05, 3.63) is 47.5 Å². The summed E-state index contributed by atoms with van der Waals surface area (Å²) in [4.78, 5) is 0. The molecule has 2 N–H and O–H groups in total. The van der Waals surface area contributed by atoms with Crippen LogP contribution < -0.4 is 0 Å². The van der Waals surface area contributed by atoms with Crippen molar-refractivity contribution in [2.24, 2.45) is 17.8 Å². The van der Waals surface area contributed by atoms with Crippen molar-refractivity contribution in [1.29, 1.82) is 0 Å².